The number of carbonyl (C=O) groups is 1. The minimum absolute atomic E-state index is 0.192. The van der Waals surface area contributed by atoms with E-state index in [0.29, 0.717) is 0 Å². The van der Waals surface area contributed by atoms with Crippen LogP contribution >= 0.6 is 23.4 Å². The molecule has 0 unspecified atom stereocenters. The van der Waals surface area contributed by atoms with Crippen LogP contribution in [-0.4, -0.2) is 39.4 Å². The molecular weight excluding hydrogens is 344 g/mol. The zero-order valence-corrected chi connectivity index (χ0v) is 15.2. The maximum absolute atomic E-state index is 12.1. The van der Waals surface area contributed by atoms with Gasteiger partial charge in [-0.3, -0.25) is 15.0 Å². The molecule has 0 saturated heterocycles. The number of nitro groups is 1. The molecule has 0 N–H and O–H groups in total. The topological polar surface area (TPSA) is 98.5 Å². The van der Waals surface area contributed by atoms with E-state index >= 15 is 0 Å². The molecule has 0 fully saturated rings. The molecule has 0 aliphatic rings. The first-order valence-corrected chi connectivity index (χ1v) is 8.24. The van der Waals surface area contributed by atoms with Crippen molar-refractivity contribution in [3.63, 3.8) is 0 Å². The summed E-state index contributed by atoms with van der Waals surface area (Å²) < 4.78 is 5.20. The van der Waals surface area contributed by atoms with Gasteiger partial charge < -0.3 is 4.74 Å². The van der Waals surface area contributed by atoms with Crippen molar-refractivity contribution in [3.05, 3.63) is 15.3 Å². The largest absolute Gasteiger partial charge is 0.443 e. The molecule has 10 heteroatoms. The average molecular weight is 363 g/mol. The van der Waals surface area contributed by atoms with E-state index < -0.39 is 22.3 Å². The normalized spacial score (nSPS) is 11.2. The van der Waals surface area contributed by atoms with Gasteiger partial charge in [0, 0.05) is 12.8 Å². The molecule has 0 spiro atoms. The highest BCUT2D eigenvalue weighted by Gasteiger charge is 2.31. The molecule has 0 aliphatic heterocycles. The predicted octanol–water partition coefficient (Wildman–Crippen LogP) is 3.91. The molecule has 1 heterocycles. The summed E-state index contributed by atoms with van der Waals surface area (Å²) in [7, 11) is 1.34. The molecule has 8 nitrogen and oxygen atoms in total. The number of hydrogen-bond donors (Lipinski definition) is 0. The van der Waals surface area contributed by atoms with E-state index in [2.05, 4.69) is 9.97 Å². The summed E-state index contributed by atoms with van der Waals surface area (Å²) in [5.41, 5.74) is -1.27. The summed E-state index contributed by atoms with van der Waals surface area (Å²) in [5, 5.41) is 11.2. The number of halogens is 1. The highest BCUT2D eigenvalue weighted by Crippen LogP contribution is 2.34. The Balaban J connectivity index is 3.26. The Morgan fingerprint density at radius 3 is 2.52 bits per heavy atom. The Hall–Kier alpha value is -1.61. The summed E-state index contributed by atoms with van der Waals surface area (Å²) in [6.45, 7) is 7.07. The van der Waals surface area contributed by atoms with Gasteiger partial charge in [0.15, 0.2) is 5.16 Å². The lowest BCUT2D eigenvalue weighted by atomic mass is 10.2. The molecule has 128 valence electrons. The summed E-state index contributed by atoms with van der Waals surface area (Å²) >= 11 is 7.21. The molecule has 0 aliphatic carbocycles. The Kier molecular flexibility index (Phi) is 6.57. The van der Waals surface area contributed by atoms with Gasteiger partial charge in [0.25, 0.3) is 0 Å². The van der Waals surface area contributed by atoms with Gasteiger partial charge in [-0.1, -0.05) is 30.3 Å². The number of ether oxygens (including phenoxy) is 1. The first kappa shape index (κ1) is 19.4. The molecule has 23 heavy (non-hydrogen) atoms. The van der Waals surface area contributed by atoms with Crippen LogP contribution in [0.2, 0.25) is 5.15 Å². The van der Waals surface area contributed by atoms with E-state index in [1.165, 1.54) is 18.8 Å². The van der Waals surface area contributed by atoms with Gasteiger partial charge in [0.2, 0.25) is 11.0 Å². The van der Waals surface area contributed by atoms with Crippen LogP contribution in [0.5, 0.6) is 0 Å². The molecule has 1 aromatic rings. The van der Waals surface area contributed by atoms with Crippen molar-refractivity contribution in [2.24, 2.45) is 0 Å². The molecule has 0 aromatic carbocycles. The van der Waals surface area contributed by atoms with Gasteiger partial charge in [-0.05, 0) is 27.2 Å². The fourth-order valence-corrected chi connectivity index (χ4v) is 2.44. The van der Waals surface area contributed by atoms with Crippen LogP contribution < -0.4 is 4.90 Å². The standard InChI is InChI=1S/C13H19ClN4O4S/c1-6-7-23-11-15-9(14)8(18(20)21)10(16-11)17(5)12(19)22-13(2,3)4/h6-7H2,1-5H3. The van der Waals surface area contributed by atoms with Gasteiger partial charge in [0.1, 0.15) is 5.60 Å². The smallest absolute Gasteiger partial charge is 0.415 e. The van der Waals surface area contributed by atoms with Gasteiger partial charge in [-0.2, -0.15) is 4.98 Å². The van der Waals surface area contributed by atoms with Crippen LogP contribution in [0.15, 0.2) is 5.16 Å². The number of carbonyl (C=O) groups excluding carboxylic acids is 1. The lowest BCUT2D eigenvalue weighted by Gasteiger charge is -2.24. The van der Waals surface area contributed by atoms with E-state index in [0.717, 1.165) is 17.1 Å². The summed E-state index contributed by atoms with van der Waals surface area (Å²) in [4.78, 5) is 31.6. The molecule has 0 atom stereocenters. The Labute approximate surface area is 143 Å². The van der Waals surface area contributed by atoms with E-state index in [9.17, 15) is 14.9 Å². The molecular formula is C13H19ClN4O4S. The number of anilines is 1. The minimum Gasteiger partial charge on any atom is -0.443 e. The number of nitrogens with zero attached hydrogens (tertiary/aromatic N) is 4. The third-order valence-electron chi connectivity index (χ3n) is 2.41. The molecule has 1 rings (SSSR count). The third-order valence-corrected chi connectivity index (χ3v) is 3.72. The van der Waals surface area contributed by atoms with Crippen molar-refractivity contribution in [1.82, 2.24) is 9.97 Å². The SMILES string of the molecule is CCCSc1nc(Cl)c([N+](=O)[O-])c(N(C)C(=O)OC(C)(C)C)n1. The molecule has 0 radical (unpaired) electrons. The lowest BCUT2D eigenvalue weighted by Crippen LogP contribution is -2.35. The maximum Gasteiger partial charge on any atom is 0.415 e. The van der Waals surface area contributed by atoms with Gasteiger partial charge in [0.05, 0.1) is 4.92 Å². The number of thioether (sulfide) groups is 1. The molecule has 0 bridgehead atoms. The van der Waals surface area contributed by atoms with Crippen LogP contribution in [0.3, 0.4) is 0 Å². The molecule has 1 aromatic heterocycles. The Morgan fingerprint density at radius 1 is 1.43 bits per heavy atom. The number of aromatic nitrogens is 2. The zero-order chi connectivity index (χ0) is 17.8. The van der Waals surface area contributed by atoms with Gasteiger partial charge in [-0.25, -0.2) is 9.78 Å². The van der Waals surface area contributed by atoms with Gasteiger partial charge in [-0.15, -0.1) is 0 Å². The van der Waals surface area contributed by atoms with E-state index in [-0.39, 0.29) is 16.1 Å². The van der Waals surface area contributed by atoms with E-state index in [1.54, 1.807) is 20.8 Å². The Morgan fingerprint density at radius 2 is 2.04 bits per heavy atom. The van der Waals surface area contributed by atoms with Crippen LogP contribution in [-0.2, 0) is 4.74 Å². The second kappa shape index (κ2) is 7.78. The second-order valence-corrected chi connectivity index (χ2v) is 7.03. The summed E-state index contributed by atoms with van der Waals surface area (Å²) in [6.07, 6.45) is 0.113. The fraction of sp³-hybridized carbons (Fsp3) is 0.615. The Bertz CT molecular complexity index is 606. The lowest BCUT2D eigenvalue weighted by molar-refractivity contribution is -0.384. The zero-order valence-electron chi connectivity index (χ0n) is 13.6. The fourth-order valence-electron chi connectivity index (χ4n) is 1.46. The highest BCUT2D eigenvalue weighted by molar-refractivity contribution is 7.99. The van der Waals surface area contributed by atoms with E-state index in [1.807, 2.05) is 6.92 Å². The summed E-state index contributed by atoms with van der Waals surface area (Å²) in [6, 6.07) is 0. The van der Waals surface area contributed by atoms with Crippen molar-refractivity contribution in [3.8, 4) is 0 Å². The maximum atomic E-state index is 12.1. The number of amides is 1. The number of hydrogen-bond acceptors (Lipinski definition) is 7. The molecule has 0 saturated carbocycles. The van der Waals surface area contributed by atoms with Crippen molar-refractivity contribution in [2.45, 2.75) is 44.9 Å². The van der Waals surface area contributed by atoms with Crippen LogP contribution in [0.4, 0.5) is 16.3 Å². The average Bonchev–Trinajstić information content (AvgIpc) is 2.41. The quantitative estimate of drug-likeness (QED) is 0.257. The second-order valence-electron chi connectivity index (χ2n) is 5.61. The summed E-state index contributed by atoms with van der Waals surface area (Å²) in [5.74, 6) is 0.534. The van der Waals surface area contributed by atoms with Crippen LogP contribution in [0.25, 0.3) is 0 Å². The monoisotopic (exact) mass is 362 g/mol. The predicted molar refractivity (Wildman–Crippen MR) is 89.3 cm³/mol. The minimum atomic E-state index is -0.762. The van der Waals surface area contributed by atoms with Crippen molar-refractivity contribution < 1.29 is 14.5 Å². The molecule has 1 amide bonds. The highest BCUT2D eigenvalue weighted by atomic mass is 35.5. The first-order chi connectivity index (χ1) is 10.6. The van der Waals surface area contributed by atoms with E-state index in [4.69, 9.17) is 16.3 Å². The van der Waals surface area contributed by atoms with Crippen molar-refractivity contribution >= 4 is 41.0 Å². The van der Waals surface area contributed by atoms with Crippen LogP contribution in [0, 0.1) is 10.1 Å². The van der Waals surface area contributed by atoms with Crippen molar-refractivity contribution in [2.75, 3.05) is 17.7 Å². The third kappa shape index (κ3) is 5.51. The van der Waals surface area contributed by atoms with Gasteiger partial charge >= 0.3 is 11.8 Å². The first-order valence-electron chi connectivity index (χ1n) is 6.88. The number of rotatable bonds is 5. The van der Waals surface area contributed by atoms with Crippen LogP contribution in [0.1, 0.15) is 34.1 Å². The van der Waals surface area contributed by atoms with Crippen molar-refractivity contribution in [1.29, 1.82) is 0 Å².